The van der Waals surface area contributed by atoms with E-state index in [-0.39, 0.29) is 0 Å². The molecule has 1 heterocycles. The molecule has 0 saturated heterocycles. The molecule has 64 valence electrons. The first-order valence-corrected chi connectivity index (χ1v) is 4.74. The summed E-state index contributed by atoms with van der Waals surface area (Å²) in [6, 6.07) is 0.481. The fourth-order valence-corrected chi connectivity index (χ4v) is 1.57. The lowest BCUT2D eigenvalue weighted by atomic mass is 10.7. The largest absolute Gasteiger partial charge is 0.302 e. The van der Waals surface area contributed by atoms with Crippen LogP contribution in [-0.4, -0.2) is 32.2 Å². The minimum Gasteiger partial charge on any atom is -0.302 e. The summed E-state index contributed by atoms with van der Waals surface area (Å²) in [7, 11) is 0. The third-order valence-electron chi connectivity index (χ3n) is 1.64. The first kappa shape index (κ1) is 7.72. The van der Waals surface area contributed by atoms with Crippen molar-refractivity contribution in [1.29, 1.82) is 0 Å². The Balaban J connectivity index is 2.07. The van der Waals surface area contributed by atoms with Crippen LogP contribution in [0, 0.1) is 0 Å². The average Bonchev–Trinajstić information content (AvgIpc) is 2.83. The van der Waals surface area contributed by atoms with E-state index in [1.807, 2.05) is 0 Å². The molecule has 2 rings (SSSR count). The molecule has 1 aromatic rings. The highest BCUT2D eigenvalue weighted by molar-refractivity contribution is 7.99. The van der Waals surface area contributed by atoms with Crippen molar-refractivity contribution in [3.05, 3.63) is 0 Å². The number of hydrogen-bond acceptors (Lipinski definition) is 5. The van der Waals surface area contributed by atoms with Gasteiger partial charge in [0.05, 0.1) is 11.8 Å². The molecule has 0 aliphatic heterocycles. The van der Waals surface area contributed by atoms with E-state index in [4.69, 9.17) is 0 Å². The van der Waals surface area contributed by atoms with Crippen LogP contribution in [-0.2, 0) is 4.79 Å². The van der Waals surface area contributed by atoms with Crippen LogP contribution in [0.1, 0.15) is 18.9 Å². The summed E-state index contributed by atoms with van der Waals surface area (Å²) >= 11 is 1.38. The number of nitrogens with zero attached hydrogens (tertiary/aromatic N) is 4. The van der Waals surface area contributed by atoms with Crippen molar-refractivity contribution in [3.63, 3.8) is 0 Å². The lowest BCUT2D eigenvalue weighted by molar-refractivity contribution is -0.105. The normalized spacial score (nSPS) is 16.3. The first-order chi connectivity index (χ1) is 5.92. The van der Waals surface area contributed by atoms with Gasteiger partial charge in [0.1, 0.15) is 6.29 Å². The van der Waals surface area contributed by atoms with Crippen LogP contribution < -0.4 is 0 Å². The fourth-order valence-electron chi connectivity index (χ4n) is 0.937. The molecule has 0 radical (unpaired) electrons. The predicted molar refractivity (Wildman–Crippen MR) is 42.9 cm³/mol. The third kappa shape index (κ3) is 1.47. The lowest BCUT2D eigenvalue weighted by Crippen LogP contribution is -1.99. The Labute approximate surface area is 73.5 Å². The quantitative estimate of drug-likeness (QED) is 0.497. The SMILES string of the molecule is O=CCSc1nnnn1C1CC1. The molecular formula is C6H8N4OS. The zero-order valence-electron chi connectivity index (χ0n) is 6.38. The molecule has 0 aromatic carbocycles. The van der Waals surface area contributed by atoms with Gasteiger partial charge in [0.15, 0.2) is 0 Å². The summed E-state index contributed by atoms with van der Waals surface area (Å²) in [5.74, 6) is 0.424. The molecule has 6 heteroatoms. The van der Waals surface area contributed by atoms with Gasteiger partial charge in [-0.1, -0.05) is 11.8 Å². The Kier molecular flexibility index (Phi) is 2.07. The van der Waals surface area contributed by atoms with E-state index in [0.717, 1.165) is 24.3 Å². The van der Waals surface area contributed by atoms with Crippen LogP contribution in [0.3, 0.4) is 0 Å². The zero-order chi connectivity index (χ0) is 8.39. The standard InChI is InChI=1S/C6H8N4OS/c11-3-4-12-6-7-8-9-10(6)5-1-2-5/h3,5H,1-2,4H2. The minimum absolute atomic E-state index is 0.424. The van der Waals surface area contributed by atoms with E-state index < -0.39 is 0 Å². The van der Waals surface area contributed by atoms with E-state index in [2.05, 4.69) is 15.5 Å². The van der Waals surface area contributed by atoms with Crippen molar-refractivity contribution in [2.45, 2.75) is 24.0 Å². The Morgan fingerprint density at radius 2 is 2.50 bits per heavy atom. The van der Waals surface area contributed by atoms with Gasteiger partial charge in [0, 0.05) is 0 Å². The number of carbonyl (C=O) groups excluding carboxylic acids is 1. The molecule has 1 fully saturated rings. The molecule has 1 aromatic heterocycles. The Bertz CT molecular complexity index is 283. The van der Waals surface area contributed by atoms with Gasteiger partial charge in [-0.3, -0.25) is 0 Å². The van der Waals surface area contributed by atoms with Crippen LogP contribution in [0.2, 0.25) is 0 Å². The zero-order valence-corrected chi connectivity index (χ0v) is 7.20. The summed E-state index contributed by atoms with van der Waals surface area (Å²) in [6.45, 7) is 0. The van der Waals surface area contributed by atoms with E-state index in [9.17, 15) is 4.79 Å². The van der Waals surface area contributed by atoms with Gasteiger partial charge in [-0.05, 0) is 23.3 Å². The maximum atomic E-state index is 10.1. The second-order valence-corrected chi connectivity index (χ2v) is 3.60. The van der Waals surface area contributed by atoms with Crippen LogP contribution in [0.15, 0.2) is 5.16 Å². The Morgan fingerprint density at radius 1 is 1.67 bits per heavy atom. The van der Waals surface area contributed by atoms with Gasteiger partial charge in [-0.2, -0.15) is 0 Å². The van der Waals surface area contributed by atoms with E-state index in [1.165, 1.54) is 11.8 Å². The van der Waals surface area contributed by atoms with Crippen molar-refractivity contribution in [1.82, 2.24) is 20.2 Å². The molecule has 5 nitrogen and oxygen atoms in total. The molecule has 0 N–H and O–H groups in total. The average molecular weight is 184 g/mol. The highest BCUT2D eigenvalue weighted by Gasteiger charge is 2.27. The maximum Gasteiger partial charge on any atom is 0.209 e. The second-order valence-electron chi connectivity index (χ2n) is 2.61. The number of aldehydes is 1. The summed E-state index contributed by atoms with van der Waals surface area (Å²) in [4.78, 5) is 10.1. The van der Waals surface area contributed by atoms with Gasteiger partial charge in [0.25, 0.3) is 0 Å². The molecule has 0 amide bonds. The van der Waals surface area contributed by atoms with Gasteiger partial charge >= 0.3 is 0 Å². The lowest BCUT2D eigenvalue weighted by Gasteiger charge is -1.97. The number of aromatic nitrogens is 4. The van der Waals surface area contributed by atoms with Crippen molar-refractivity contribution >= 4 is 18.0 Å². The predicted octanol–water partition coefficient (Wildman–Crippen LogP) is 0.299. The highest BCUT2D eigenvalue weighted by atomic mass is 32.2. The number of thioether (sulfide) groups is 1. The first-order valence-electron chi connectivity index (χ1n) is 3.76. The molecule has 0 spiro atoms. The van der Waals surface area contributed by atoms with Crippen LogP contribution in [0.4, 0.5) is 0 Å². The highest BCUT2D eigenvalue weighted by Crippen LogP contribution is 2.36. The summed E-state index contributed by atoms with van der Waals surface area (Å²) in [5, 5.41) is 12.0. The summed E-state index contributed by atoms with van der Waals surface area (Å²) < 4.78 is 1.80. The van der Waals surface area contributed by atoms with E-state index in [0.29, 0.717) is 11.8 Å². The van der Waals surface area contributed by atoms with Gasteiger partial charge in [0.2, 0.25) is 5.16 Å². The smallest absolute Gasteiger partial charge is 0.209 e. The van der Waals surface area contributed by atoms with Crippen molar-refractivity contribution < 1.29 is 4.79 Å². The molecule has 1 aliphatic carbocycles. The van der Waals surface area contributed by atoms with E-state index >= 15 is 0 Å². The molecule has 0 bridgehead atoms. The third-order valence-corrected chi connectivity index (χ3v) is 2.47. The topological polar surface area (TPSA) is 60.7 Å². The number of carbonyl (C=O) groups is 1. The minimum atomic E-state index is 0.424. The molecule has 0 atom stereocenters. The molecular weight excluding hydrogens is 176 g/mol. The summed E-state index contributed by atoms with van der Waals surface area (Å²) in [6.07, 6.45) is 3.16. The molecule has 0 unspecified atom stereocenters. The number of rotatable bonds is 4. The monoisotopic (exact) mass is 184 g/mol. The van der Waals surface area contributed by atoms with Crippen molar-refractivity contribution in [2.75, 3.05) is 5.75 Å². The van der Waals surface area contributed by atoms with Gasteiger partial charge in [-0.15, -0.1) is 5.10 Å². The Hall–Kier alpha value is -0.910. The second kappa shape index (κ2) is 3.22. The fraction of sp³-hybridized carbons (Fsp3) is 0.667. The van der Waals surface area contributed by atoms with Crippen molar-refractivity contribution in [2.24, 2.45) is 0 Å². The number of tetrazole rings is 1. The molecule has 12 heavy (non-hydrogen) atoms. The van der Waals surface area contributed by atoms with Crippen LogP contribution >= 0.6 is 11.8 Å². The van der Waals surface area contributed by atoms with Crippen molar-refractivity contribution in [3.8, 4) is 0 Å². The Morgan fingerprint density at radius 3 is 3.17 bits per heavy atom. The van der Waals surface area contributed by atoms with Crippen LogP contribution in [0.5, 0.6) is 0 Å². The van der Waals surface area contributed by atoms with Gasteiger partial charge in [-0.25, -0.2) is 4.68 Å². The van der Waals surface area contributed by atoms with E-state index in [1.54, 1.807) is 4.68 Å². The molecule has 1 saturated carbocycles. The van der Waals surface area contributed by atoms with Gasteiger partial charge < -0.3 is 4.79 Å². The number of hydrogen-bond donors (Lipinski definition) is 0. The maximum absolute atomic E-state index is 10.1. The van der Waals surface area contributed by atoms with Crippen LogP contribution in [0.25, 0.3) is 0 Å². The summed E-state index contributed by atoms with van der Waals surface area (Å²) in [5.41, 5.74) is 0. The molecule has 1 aliphatic rings.